The smallest absolute Gasteiger partial charge is 0.118 e. The number of hydrogen-bond acceptors (Lipinski definition) is 1. The van der Waals surface area contributed by atoms with E-state index in [1.807, 2.05) is 48.5 Å². The second-order valence-electron chi connectivity index (χ2n) is 4.26. The summed E-state index contributed by atoms with van der Waals surface area (Å²) in [5.41, 5.74) is 2.88. The Hall–Kier alpha value is -2.16. The van der Waals surface area contributed by atoms with Crippen molar-refractivity contribution < 1.29 is 4.74 Å². The third-order valence-corrected chi connectivity index (χ3v) is 3.20. The lowest BCUT2D eigenvalue weighted by Crippen LogP contribution is -1.84. The molecular formula is C19H15BrO. The molecule has 0 spiro atoms. The Bertz CT molecular complexity index is 709. The SMILES string of the molecule is COc1ccc(C#Cc2ccccc2C#CCCBr)cc1. The maximum absolute atomic E-state index is 5.14. The first-order chi connectivity index (χ1) is 10.3. The van der Waals surface area contributed by atoms with Crippen molar-refractivity contribution in [2.45, 2.75) is 6.42 Å². The maximum Gasteiger partial charge on any atom is 0.118 e. The molecule has 0 unspecified atom stereocenters. The number of halogens is 1. The van der Waals surface area contributed by atoms with Crippen molar-refractivity contribution in [2.75, 3.05) is 12.4 Å². The molecule has 2 heteroatoms. The highest BCUT2D eigenvalue weighted by atomic mass is 79.9. The molecule has 2 aromatic carbocycles. The molecule has 0 heterocycles. The minimum absolute atomic E-state index is 0.834. The van der Waals surface area contributed by atoms with Gasteiger partial charge in [0.2, 0.25) is 0 Å². The highest BCUT2D eigenvalue weighted by Gasteiger charge is 1.95. The second-order valence-corrected chi connectivity index (χ2v) is 5.06. The van der Waals surface area contributed by atoms with E-state index < -0.39 is 0 Å². The van der Waals surface area contributed by atoms with E-state index in [0.29, 0.717) is 0 Å². The lowest BCUT2D eigenvalue weighted by atomic mass is 10.1. The lowest BCUT2D eigenvalue weighted by Gasteiger charge is -1.98. The molecule has 21 heavy (non-hydrogen) atoms. The van der Waals surface area contributed by atoms with Gasteiger partial charge in [0.15, 0.2) is 0 Å². The van der Waals surface area contributed by atoms with Gasteiger partial charge in [-0.2, -0.15) is 0 Å². The molecule has 0 fully saturated rings. The Morgan fingerprint density at radius 3 is 2.19 bits per heavy atom. The summed E-state index contributed by atoms with van der Waals surface area (Å²) in [7, 11) is 1.66. The summed E-state index contributed by atoms with van der Waals surface area (Å²) in [5, 5.41) is 0.889. The Balaban J connectivity index is 2.24. The zero-order valence-electron chi connectivity index (χ0n) is 11.8. The monoisotopic (exact) mass is 338 g/mol. The van der Waals surface area contributed by atoms with E-state index >= 15 is 0 Å². The molecule has 0 aliphatic carbocycles. The summed E-state index contributed by atoms with van der Waals surface area (Å²) in [4.78, 5) is 0. The van der Waals surface area contributed by atoms with Gasteiger partial charge < -0.3 is 4.74 Å². The number of hydrogen-bond donors (Lipinski definition) is 0. The molecule has 0 saturated carbocycles. The van der Waals surface area contributed by atoms with Crippen molar-refractivity contribution in [1.82, 2.24) is 0 Å². The summed E-state index contributed by atoms with van der Waals surface area (Å²) < 4.78 is 5.14. The van der Waals surface area contributed by atoms with Crippen molar-refractivity contribution in [3.05, 3.63) is 65.2 Å². The molecule has 0 saturated heterocycles. The van der Waals surface area contributed by atoms with E-state index in [-0.39, 0.29) is 0 Å². The molecule has 0 bridgehead atoms. The van der Waals surface area contributed by atoms with E-state index in [0.717, 1.165) is 34.2 Å². The molecule has 1 nitrogen and oxygen atoms in total. The Kier molecular flexibility index (Phi) is 5.95. The van der Waals surface area contributed by atoms with Gasteiger partial charge in [-0.3, -0.25) is 0 Å². The molecule has 0 atom stereocenters. The molecule has 0 N–H and O–H groups in total. The number of alkyl halides is 1. The van der Waals surface area contributed by atoms with Crippen LogP contribution in [0, 0.1) is 23.7 Å². The number of ether oxygens (including phenoxy) is 1. The fourth-order valence-electron chi connectivity index (χ4n) is 1.72. The predicted octanol–water partition coefficient (Wildman–Crippen LogP) is 4.23. The van der Waals surface area contributed by atoms with E-state index in [4.69, 9.17) is 4.74 Å². The van der Waals surface area contributed by atoms with Crippen molar-refractivity contribution in [3.63, 3.8) is 0 Å². The van der Waals surface area contributed by atoms with Crippen molar-refractivity contribution >= 4 is 15.9 Å². The normalized spacial score (nSPS) is 9.05. The first-order valence-electron chi connectivity index (χ1n) is 6.63. The molecular weight excluding hydrogens is 324 g/mol. The van der Waals surface area contributed by atoms with Gasteiger partial charge in [0.05, 0.1) is 7.11 Å². The van der Waals surface area contributed by atoms with Crippen LogP contribution in [0.3, 0.4) is 0 Å². The Morgan fingerprint density at radius 2 is 1.57 bits per heavy atom. The molecule has 0 aromatic heterocycles. The standard InChI is InChI=1S/C19H15BrO/c1-21-19-13-10-16(11-14-19)9-12-18-7-3-2-6-17(18)8-4-5-15-20/h2-3,6-7,10-11,13-14H,5,15H2,1H3. The quantitative estimate of drug-likeness (QED) is 0.588. The van der Waals surface area contributed by atoms with Crippen LogP contribution in [0.25, 0.3) is 0 Å². The van der Waals surface area contributed by atoms with Crippen LogP contribution in [0.5, 0.6) is 5.75 Å². The van der Waals surface area contributed by atoms with E-state index in [9.17, 15) is 0 Å². The lowest BCUT2D eigenvalue weighted by molar-refractivity contribution is 0.415. The van der Waals surface area contributed by atoms with Gasteiger partial charge in [-0.1, -0.05) is 51.7 Å². The highest BCUT2D eigenvalue weighted by Crippen LogP contribution is 2.11. The zero-order valence-corrected chi connectivity index (χ0v) is 13.4. The van der Waals surface area contributed by atoms with Crippen LogP contribution >= 0.6 is 15.9 Å². The van der Waals surface area contributed by atoms with Crippen molar-refractivity contribution in [3.8, 4) is 29.4 Å². The Labute approximate surface area is 134 Å². The van der Waals surface area contributed by atoms with Gasteiger partial charge in [-0.25, -0.2) is 0 Å². The fourth-order valence-corrected chi connectivity index (χ4v) is 1.92. The van der Waals surface area contributed by atoms with Gasteiger partial charge in [0, 0.05) is 28.4 Å². The van der Waals surface area contributed by atoms with E-state index in [2.05, 4.69) is 39.6 Å². The van der Waals surface area contributed by atoms with Gasteiger partial charge >= 0.3 is 0 Å². The average Bonchev–Trinajstić information content (AvgIpc) is 2.54. The third kappa shape index (κ3) is 4.71. The molecule has 0 radical (unpaired) electrons. The molecule has 0 aliphatic rings. The molecule has 2 rings (SSSR count). The molecule has 0 aliphatic heterocycles. The van der Waals surface area contributed by atoms with Crippen LogP contribution in [0.4, 0.5) is 0 Å². The van der Waals surface area contributed by atoms with Gasteiger partial charge in [0.25, 0.3) is 0 Å². The van der Waals surface area contributed by atoms with Gasteiger partial charge in [-0.15, -0.1) is 0 Å². The summed E-state index contributed by atoms with van der Waals surface area (Å²) >= 11 is 3.37. The van der Waals surface area contributed by atoms with E-state index in [1.165, 1.54) is 0 Å². The largest absolute Gasteiger partial charge is 0.497 e. The van der Waals surface area contributed by atoms with Crippen LogP contribution in [0.15, 0.2) is 48.5 Å². The maximum atomic E-state index is 5.14. The molecule has 0 amide bonds. The molecule has 2 aromatic rings. The topological polar surface area (TPSA) is 9.23 Å². The van der Waals surface area contributed by atoms with Crippen molar-refractivity contribution in [2.24, 2.45) is 0 Å². The number of rotatable bonds is 2. The van der Waals surface area contributed by atoms with Crippen LogP contribution in [-0.4, -0.2) is 12.4 Å². The predicted molar refractivity (Wildman–Crippen MR) is 90.7 cm³/mol. The summed E-state index contributed by atoms with van der Waals surface area (Å²) in [6, 6.07) is 15.7. The van der Waals surface area contributed by atoms with Crippen LogP contribution < -0.4 is 4.74 Å². The zero-order chi connectivity index (χ0) is 14.9. The van der Waals surface area contributed by atoms with Crippen LogP contribution in [-0.2, 0) is 0 Å². The average molecular weight is 339 g/mol. The summed E-state index contributed by atoms with van der Waals surface area (Å²) in [5.74, 6) is 13.5. The fraction of sp³-hybridized carbons (Fsp3) is 0.158. The van der Waals surface area contributed by atoms with E-state index in [1.54, 1.807) is 7.11 Å². The van der Waals surface area contributed by atoms with Crippen LogP contribution in [0.2, 0.25) is 0 Å². The van der Waals surface area contributed by atoms with Crippen LogP contribution in [0.1, 0.15) is 23.1 Å². The van der Waals surface area contributed by atoms with Crippen molar-refractivity contribution in [1.29, 1.82) is 0 Å². The second kappa shape index (κ2) is 8.20. The summed E-state index contributed by atoms with van der Waals surface area (Å²) in [6.07, 6.45) is 0.834. The minimum Gasteiger partial charge on any atom is -0.497 e. The van der Waals surface area contributed by atoms with Gasteiger partial charge in [-0.05, 0) is 36.4 Å². The first-order valence-corrected chi connectivity index (χ1v) is 7.75. The highest BCUT2D eigenvalue weighted by molar-refractivity contribution is 9.09. The third-order valence-electron chi connectivity index (χ3n) is 2.80. The number of methoxy groups -OCH3 is 1. The Morgan fingerprint density at radius 1 is 0.905 bits per heavy atom. The summed E-state index contributed by atoms with van der Waals surface area (Å²) in [6.45, 7) is 0. The number of benzene rings is 2. The minimum atomic E-state index is 0.834. The first kappa shape index (κ1) is 15.2. The van der Waals surface area contributed by atoms with Gasteiger partial charge in [0.1, 0.15) is 5.75 Å². The molecule has 104 valence electrons.